The number of benzene rings is 1. The van der Waals surface area contributed by atoms with Gasteiger partial charge in [-0.1, -0.05) is 41.5 Å². The van der Waals surface area contributed by atoms with Gasteiger partial charge in [0, 0.05) is 0 Å². The number of aromatic hydroxyl groups is 1. The van der Waals surface area contributed by atoms with Crippen LogP contribution in [0.2, 0.25) is 5.39 Å². The quantitative estimate of drug-likeness (QED) is 0.508. The molecule has 7 heteroatoms. The molecular weight excluding hydrogens is 374 g/mol. The summed E-state index contributed by atoms with van der Waals surface area (Å²) in [4.78, 5) is 17.7. The standard InChI is InChI=1S/C15H25O5P.C2H5.Ni/c1-14(2,3)11-7-10(9-20-21(17,18)19)8-12(13(11)16)15(4,5)6;1-2;/h7-8,16H,9H2,1-6H3,(H2,17,18,19);1H2,2H3;. The van der Waals surface area contributed by atoms with Gasteiger partial charge in [-0.05, 0) is 39.7 Å². The third-order valence-electron chi connectivity index (χ3n) is 3.19. The molecule has 143 valence electrons. The number of phenols is 1. The van der Waals surface area contributed by atoms with Crippen molar-refractivity contribution in [2.75, 3.05) is 0 Å². The summed E-state index contributed by atoms with van der Waals surface area (Å²) in [5, 5.41) is 11.4. The van der Waals surface area contributed by atoms with Gasteiger partial charge in [0.15, 0.2) is 0 Å². The topological polar surface area (TPSA) is 87.0 Å². The second-order valence-electron chi connectivity index (χ2n) is 7.53. The third-order valence-corrected chi connectivity index (χ3v) is 3.65. The zero-order valence-electron chi connectivity index (χ0n) is 15.5. The fraction of sp³-hybridized carbons (Fsp3) is 0.647. The molecule has 0 aliphatic carbocycles. The van der Waals surface area contributed by atoms with Crippen LogP contribution in [0.5, 0.6) is 5.75 Å². The van der Waals surface area contributed by atoms with Gasteiger partial charge in [-0.25, -0.2) is 4.57 Å². The van der Waals surface area contributed by atoms with E-state index < -0.39 is 7.82 Å². The molecule has 0 fully saturated rings. The molecule has 0 saturated heterocycles. The normalized spacial score (nSPS) is 12.6. The van der Waals surface area contributed by atoms with Gasteiger partial charge in [-0.2, -0.15) is 0 Å². The number of rotatable bonds is 3. The van der Waals surface area contributed by atoms with E-state index in [1.165, 1.54) is 0 Å². The van der Waals surface area contributed by atoms with Crippen molar-refractivity contribution in [3.63, 3.8) is 0 Å². The van der Waals surface area contributed by atoms with Crippen LogP contribution in [0.25, 0.3) is 0 Å². The molecule has 0 radical (unpaired) electrons. The summed E-state index contributed by atoms with van der Waals surface area (Å²) in [5.41, 5.74) is 1.52. The van der Waals surface area contributed by atoms with Gasteiger partial charge in [0.1, 0.15) is 5.75 Å². The SMILES string of the molecule is CC(C)(C)c1cc(COP(=O)(O)O)cc(C(C)(C)C)c1O.C[CH2][Ni]. The van der Waals surface area contributed by atoms with E-state index in [4.69, 9.17) is 9.79 Å². The average Bonchev–Trinajstić information content (AvgIpc) is 2.34. The van der Waals surface area contributed by atoms with Crippen LogP contribution < -0.4 is 0 Å². The molecule has 3 N–H and O–H groups in total. The van der Waals surface area contributed by atoms with Gasteiger partial charge >= 0.3 is 35.6 Å². The minimum atomic E-state index is -4.52. The van der Waals surface area contributed by atoms with E-state index in [1.807, 2.05) is 48.5 Å². The first kappa shape index (κ1) is 23.6. The Morgan fingerprint density at radius 3 is 1.62 bits per heavy atom. The molecule has 0 spiro atoms. The summed E-state index contributed by atoms with van der Waals surface area (Å²) in [6.45, 7) is 13.6. The van der Waals surface area contributed by atoms with E-state index in [-0.39, 0.29) is 23.2 Å². The Kier molecular flexibility index (Phi) is 8.69. The van der Waals surface area contributed by atoms with Crippen LogP contribution in [-0.4, -0.2) is 14.9 Å². The summed E-state index contributed by atoms with van der Waals surface area (Å²) >= 11 is 4.17. The number of phenolic OH excluding ortho intramolecular Hbond substituents is 1. The Balaban J connectivity index is 0.00000163. The van der Waals surface area contributed by atoms with Gasteiger partial charge < -0.3 is 14.9 Å². The van der Waals surface area contributed by atoms with Gasteiger partial charge in [0.2, 0.25) is 0 Å². The van der Waals surface area contributed by atoms with Gasteiger partial charge in [0.05, 0.1) is 6.61 Å². The van der Waals surface area contributed by atoms with Crippen molar-refractivity contribution in [2.24, 2.45) is 0 Å². The van der Waals surface area contributed by atoms with E-state index >= 15 is 0 Å². The van der Waals surface area contributed by atoms with Crippen LogP contribution in [0.15, 0.2) is 12.1 Å². The fourth-order valence-corrected chi connectivity index (χ4v) is 2.40. The maximum absolute atomic E-state index is 10.9. The van der Waals surface area contributed by atoms with Crippen molar-refractivity contribution in [1.29, 1.82) is 0 Å². The van der Waals surface area contributed by atoms with Crippen LogP contribution in [-0.2, 0) is 42.0 Å². The molecule has 0 aliphatic heterocycles. The van der Waals surface area contributed by atoms with E-state index in [0.29, 0.717) is 5.56 Å². The maximum atomic E-state index is 10.9. The van der Waals surface area contributed by atoms with Crippen molar-refractivity contribution in [2.45, 2.75) is 71.3 Å². The van der Waals surface area contributed by atoms with Gasteiger partial charge in [0.25, 0.3) is 0 Å². The summed E-state index contributed by atoms with van der Waals surface area (Å²) in [6, 6.07) is 3.47. The minimum absolute atomic E-state index is 0.198. The first-order valence-electron chi connectivity index (χ1n) is 7.72. The summed E-state index contributed by atoms with van der Waals surface area (Å²) in [6.07, 6.45) is 0. The van der Waals surface area contributed by atoms with Crippen LogP contribution >= 0.6 is 7.82 Å². The van der Waals surface area contributed by atoms with Crippen LogP contribution in [0, 0.1) is 0 Å². The average molecular weight is 404 g/mol. The van der Waals surface area contributed by atoms with E-state index in [9.17, 15) is 9.67 Å². The number of hydrogen-bond acceptors (Lipinski definition) is 3. The van der Waals surface area contributed by atoms with Crippen molar-refractivity contribution in [3.8, 4) is 5.75 Å². The van der Waals surface area contributed by atoms with Crippen LogP contribution in [0.3, 0.4) is 0 Å². The molecule has 0 aromatic heterocycles. The van der Waals surface area contributed by atoms with Gasteiger partial charge in [-0.3, -0.25) is 4.52 Å². The number of phosphoric ester groups is 1. The Bertz CT molecular complexity index is 547. The number of phosphoric acid groups is 1. The second kappa shape index (κ2) is 8.82. The predicted octanol–water partition coefficient (Wildman–Crippen LogP) is 4.57. The monoisotopic (exact) mass is 403 g/mol. The van der Waals surface area contributed by atoms with E-state index in [2.05, 4.69) is 20.0 Å². The first-order chi connectivity index (χ1) is 10.6. The molecule has 0 heterocycles. The molecule has 0 saturated carbocycles. The Morgan fingerprint density at radius 1 is 1.04 bits per heavy atom. The van der Waals surface area contributed by atoms with Crippen molar-refractivity contribution in [3.05, 3.63) is 28.8 Å². The van der Waals surface area contributed by atoms with Crippen molar-refractivity contribution >= 4 is 7.82 Å². The van der Waals surface area contributed by atoms with Crippen molar-refractivity contribution < 1.29 is 39.4 Å². The molecule has 0 amide bonds. The summed E-state index contributed by atoms with van der Waals surface area (Å²) in [5.74, 6) is 0.231. The second-order valence-corrected chi connectivity index (χ2v) is 9.46. The fourth-order valence-electron chi connectivity index (χ4n) is 2.08. The Labute approximate surface area is 153 Å². The zero-order valence-corrected chi connectivity index (χ0v) is 17.4. The molecule has 0 atom stereocenters. The molecule has 5 nitrogen and oxygen atoms in total. The molecular formula is C17H30NiO5P. The molecule has 1 aromatic rings. The molecule has 0 bridgehead atoms. The van der Waals surface area contributed by atoms with Crippen LogP contribution in [0.4, 0.5) is 0 Å². The first-order valence-corrected chi connectivity index (χ1v) is 9.95. The third kappa shape index (κ3) is 8.14. The predicted molar refractivity (Wildman–Crippen MR) is 92.8 cm³/mol. The zero-order chi connectivity index (χ0) is 19.3. The van der Waals surface area contributed by atoms with Gasteiger partial charge in [-0.15, -0.1) is 0 Å². The molecule has 1 aromatic carbocycles. The van der Waals surface area contributed by atoms with E-state index in [1.54, 1.807) is 12.1 Å². The Hall–Kier alpha value is -0.376. The summed E-state index contributed by atoms with van der Waals surface area (Å²) < 4.78 is 15.4. The Morgan fingerprint density at radius 2 is 1.38 bits per heavy atom. The van der Waals surface area contributed by atoms with Crippen molar-refractivity contribution in [1.82, 2.24) is 0 Å². The van der Waals surface area contributed by atoms with E-state index in [0.717, 1.165) is 16.5 Å². The number of hydrogen-bond donors (Lipinski definition) is 3. The summed E-state index contributed by atoms with van der Waals surface area (Å²) in [7, 11) is -4.52. The molecule has 1 rings (SSSR count). The molecule has 24 heavy (non-hydrogen) atoms. The molecule has 0 unspecified atom stereocenters. The molecule has 0 aliphatic rings. The van der Waals surface area contributed by atoms with Crippen LogP contribution in [0.1, 0.15) is 65.2 Å².